The molecule has 1 unspecified atom stereocenters. The van der Waals surface area contributed by atoms with E-state index >= 15 is 0 Å². The molecular weight excluding hydrogens is 310 g/mol. The second kappa shape index (κ2) is 4.51. The van der Waals surface area contributed by atoms with Gasteiger partial charge in [-0.1, -0.05) is 56.2 Å². The third kappa shape index (κ3) is 1.38. The first-order valence-electron chi connectivity index (χ1n) is 8.92. The van der Waals surface area contributed by atoms with Crippen molar-refractivity contribution in [3.8, 4) is 0 Å². The maximum absolute atomic E-state index is 13.4. The molecule has 4 rings (SSSR count). The fourth-order valence-corrected chi connectivity index (χ4v) is 6.30. The number of hydrogen-bond donors (Lipinski definition) is 0. The zero-order valence-electron chi connectivity index (χ0n) is 15.6. The monoisotopic (exact) mass is 335 g/mol. The number of rotatable bonds is 2. The first-order valence-corrected chi connectivity index (χ1v) is 8.92. The highest BCUT2D eigenvalue weighted by Gasteiger charge is 2.80. The van der Waals surface area contributed by atoms with Crippen LogP contribution in [0, 0.1) is 28.1 Å². The van der Waals surface area contributed by atoms with Crippen molar-refractivity contribution in [2.45, 2.75) is 34.6 Å². The van der Waals surface area contributed by atoms with E-state index in [1.807, 2.05) is 36.4 Å². The van der Waals surface area contributed by atoms with Crippen LogP contribution in [-0.4, -0.2) is 11.8 Å². The van der Waals surface area contributed by atoms with Gasteiger partial charge in [0.15, 0.2) is 0 Å². The Balaban J connectivity index is 1.96. The first-order chi connectivity index (χ1) is 11.7. The Labute approximate surface area is 149 Å². The van der Waals surface area contributed by atoms with Gasteiger partial charge in [0.25, 0.3) is 0 Å². The molecule has 130 valence electrons. The van der Waals surface area contributed by atoms with Crippen LogP contribution in [0.25, 0.3) is 0 Å². The molecule has 3 heteroatoms. The molecule has 1 saturated heterocycles. The summed E-state index contributed by atoms with van der Waals surface area (Å²) < 4.78 is 0. The molecule has 1 saturated carbocycles. The van der Waals surface area contributed by atoms with Crippen molar-refractivity contribution >= 4 is 17.5 Å². The fraction of sp³-hybridized carbons (Fsp3) is 0.455. The third-order valence-corrected chi connectivity index (χ3v) is 8.25. The third-order valence-electron chi connectivity index (χ3n) is 8.25. The molecule has 2 aliphatic carbocycles. The second-order valence-corrected chi connectivity index (χ2v) is 8.36. The number of carbonyl (C=O) groups is 2. The van der Waals surface area contributed by atoms with Gasteiger partial charge in [0.2, 0.25) is 11.8 Å². The van der Waals surface area contributed by atoms with Crippen molar-refractivity contribution in [2.75, 3.05) is 4.90 Å². The van der Waals surface area contributed by atoms with E-state index < -0.39 is 0 Å². The Morgan fingerprint density at radius 2 is 1.36 bits per heavy atom. The zero-order chi connectivity index (χ0) is 18.4. The lowest BCUT2D eigenvalue weighted by molar-refractivity contribution is -0.125. The zero-order valence-corrected chi connectivity index (χ0v) is 15.6. The van der Waals surface area contributed by atoms with Gasteiger partial charge in [0.05, 0.1) is 17.5 Å². The Morgan fingerprint density at radius 1 is 0.920 bits per heavy atom. The smallest absolute Gasteiger partial charge is 0.238 e. The molecule has 1 heterocycles. The molecule has 3 nitrogen and oxygen atoms in total. The number of allylic oxidation sites excluding steroid dienone is 3. The fourth-order valence-electron chi connectivity index (χ4n) is 6.30. The normalized spacial score (nSPS) is 42.4. The molecule has 0 aromatic heterocycles. The summed E-state index contributed by atoms with van der Waals surface area (Å²) in [6, 6.07) is 9.30. The van der Waals surface area contributed by atoms with Gasteiger partial charge in [0.1, 0.15) is 0 Å². The molecule has 2 bridgehead atoms. The molecule has 2 fully saturated rings. The Bertz CT molecular complexity index is 808. The van der Waals surface area contributed by atoms with Gasteiger partial charge in [-0.3, -0.25) is 9.59 Å². The van der Waals surface area contributed by atoms with Crippen molar-refractivity contribution in [1.29, 1.82) is 0 Å². The van der Waals surface area contributed by atoms with Crippen LogP contribution in [0.3, 0.4) is 0 Å². The van der Waals surface area contributed by atoms with Crippen LogP contribution in [-0.2, 0) is 9.59 Å². The summed E-state index contributed by atoms with van der Waals surface area (Å²) in [6.45, 7) is 14.8. The molecule has 0 radical (unpaired) electrons. The lowest BCUT2D eigenvalue weighted by Gasteiger charge is -2.44. The summed E-state index contributed by atoms with van der Waals surface area (Å²) in [5, 5.41) is 0. The molecule has 25 heavy (non-hydrogen) atoms. The molecule has 1 aliphatic heterocycles. The standard InChI is InChI=1S/C22H25NO2/c1-7-20(4)21(5)13(2)14(3)22(20,6)17-16(21)18(24)23(19(17)25)15-11-9-8-10-12-15/h7-12,16-17H,1H2,2-6H3/t16-,17+,20?,21+,22-. The summed E-state index contributed by atoms with van der Waals surface area (Å²) in [4.78, 5) is 28.3. The summed E-state index contributed by atoms with van der Waals surface area (Å²) in [6.07, 6.45) is 1.98. The van der Waals surface area contributed by atoms with Crippen molar-refractivity contribution < 1.29 is 9.59 Å². The quantitative estimate of drug-likeness (QED) is 0.595. The van der Waals surface area contributed by atoms with Gasteiger partial charge in [-0.05, 0) is 26.0 Å². The van der Waals surface area contributed by atoms with Gasteiger partial charge >= 0.3 is 0 Å². The van der Waals surface area contributed by atoms with Crippen LogP contribution < -0.4 is 4.90 Å². The van der Waals surface area contributed by atoms with E-state index in [1.54, 1.807) is 0 Å². The minimum atomic E-state index is -0.380. The number of para-hydroxylation sites is 1. The Hall–Kier alpha value is -2.16. The van der Waals surface area contributed by atoms with Crippen LogP contribution in [0.2, 0.25) is 0 Å². The maximum Gasteiger partial charge on any atom is 0.238 e. The van der Waals surface area contributed by atoms with Gasteiger partial charge < -0.3 is 0 Å². The minimum absolute atomic E-state index is 0.0626. The molecule has 5 atom stereocenters. The molecule has 0 spiro atoms. The van der Waals surface area contributed by atoms with Crippen molar-refractivity contribution in [2.24, 2.45) is 28.1 Å². The highest BCUT2D eigenvalue weighted by atomic mass is 16.2. The molecule has 0 N–H and O–H groups in total. The summed E-state index contributed by atoms with van der Waals surface area (Å²) in [5.41, 5.74) is 2.10. The Kier molecular flexibility index (Phi) is 2.95. The van der Waals surface area contributed by atoms with Gasteiger partial charge in [-0.2, -0.15) is 0 Å². The largest absolute Gasteiger partial charge is 0.274 e. The van der Waals surface area contributed by atoms with Crippen LogP contribution in [0.5, 0.6) is 0 Å². The number of fused-ring (bicyclic) bond motifs is 5. The van der Waals surface area contributed by atoms with E-state index in [1.165, 1.54) is 16.0 Å². The van der Waals surface area contributed by atoms with E-state index in [0.717, 1.165) is 0 Å². The van der Waals surface area contributed by atoms with Crippen LogP contribution in [0.4, 0.5) is 5.69 Å². The molecule has 3 aliphatic rings. The van der Waals surface area contributed by atoms with Gasteiger partial charge in [0, 0.05) is 16.2 Å². The first kappa shape index (κ1) is 16.3. The number of benzene rings is 1. The van der Waals surface area contributed by atoms with E-state index in [4.69, 9.17) is 0 Å². The number of hydrogen-bond acceptors (Lipinski definition) is 2. The summed E-state index contributed by atoms with van der Waals surface area (Å²) >= 11 is 0. The van der Waals surface area contributed by atoms with Crippen LogP contribution in [0.15, 0.2) is 54.1 Å². The van der Waals surface area contributed by atoms with Crippen LogP contribution >= 0.6 is 0 Å². The molecule has 1 aromatic rings. The topological polar surface area (TPSA) is 37.4 Å². The van der Waals surface area contributed by atoms with Crippen molar-refractivity contribution in [3.05, 3.63) is 54.1 Å². The maximum atomic E-state index is 13.4. The van der Waals surface area contributed by atoms with E-state index in [9.17, 15) is 9.59 Å². The number of anilines is 1. The van der Waals surface area contributed by atoms with Crippen molar-refractivity contribution in [1.82, 2.24) is 0 Å². The van der Waals surface area contributed by atoms with Crippen molar-refractivity contribution in [3.63, 3.8) is 0 Å². The number of nitrogens with zero attached hydrogens (tertiary/aromatic N) is 1. The van der Waals surface area contributed by atoms with Crippen LogP contribution in [0.1, 0.15) is 34.6 Å². The average molecular weight is 335 g/mol. The molecule has 1 aromatic carbocycles. The van der Waals surface area contributed by atoms with E-state index in [2.05, 4.69) is 41.2 Å². The predicted octanol–water partition coefficient (Wildman–Crippen LogP) is 4.36. The summed E-state index contributed by atoms with van der Waals surface area (Å²) in [5.74, 6) is -0.770. The molecular formula is C22H25NO2. The second-order valence-electron chi connectivity index (χ2n) is 8.36. The average Bonchev–Trinajstić information content (AvgIpc) is 3.01. The lowest BCUT2D eigenvalue weighted by Crippen LogP contribution is -2.45. The number of carbonyl (C=O) groups excluding carboxylic acids is 2. The predicted molar refractivity (Wildman–Crippen MR) is 98.8 cm³/mol. The van der Waals surface area contributed by atoms with E-state index in [-0.39, 0.29) is 39.9 Å². The number of imide groups is 1. The van der Waals surface area contributed by atoms with E-state index in [0.29, 0.717) is 5.69 Å². The lowest BCUT2D eigenvalue weighted by atomic mass is 9.59. The minimum Gasteiger partial charge on any atom is -0.274 e. The SMILES string of the molecule is C=CC1(C)[C@@]2(C)C(C)=C(C)[C@]1(C)[C@@H]1C(=O)N(c3ccccc3)C(=O)[C@@H]12. The highest BCUT2D eigenvalue weighted by Crippen LogP contribution is 2.80. The summed E-state index contributed by atoms with van der Waals surface area (Å²) in [7, 11) is 0. The Morgan fingerprint density at radius 3 is 1.76 bits per heavy atom. The highest BCUT2D eigenvalue weighted by molar-refractivity contribution is 6.23. The number of amides is 2. The van der Waals surface area contributed by atoms with Gasteiger partial charge in [-0.15, -0.1) is 6.58 Å². The molecule has 2 amide bonds. The van der Waals surface area contributed by atoms with Gasteiger partial charge in [-0.25, -0.2) is 4.90 Å².